The van der Waals surface area contributed by atoms with Crippen LogP contribution in [-0.4, -0.2) is 40.3 Å². The molecule has 1 unspecified atom stereocenters. The van der Waals surface area contributed by atoms with Crippen molar-refractivity contribution in [3.63, 3.8) is 0 Å². The minimum absolute atomic E-state index is 0.0327. The van der Waals surface area contributed by atoms with Crippen molar-refractivity contribution in [3.8, 4) is 17.1 Å². The highest BCUT2D eigenvalue weighted by molar-refractivity contribution is 7.92. The third-order valence-electron chi connectivity index (χ3n) is 7.16. The Kier molecular flexibility index (Phi) is 5.71. The van der Waals surface area contributed by atoms with Gasteiger partial charge in [0.05, 0.1) is 18.7 Å². The molecule has 0 radical (unpaired) electrons. The van der Waals surface area contributed by atoms with E-state index in [0.29, 0.717) is 24.5 Å². The number of fused-ring (bicyclic) bond motifs is 8. The summed E-state index contributed by atoms with van der Waals surface area (Å²) in [4.78, 5) is 24.2. The van der Waals surface area contributed by atoms with E-state index in [0.717, 1.165) is 27.8 Å². The monoisotopic (exact) mass is 529 g/mol. The van der Waals surface area contributed by atoms with E-state index in [2.05, 4.69) is 14.7 Å². The van der Waals surface area contributed by atoms with Gasteiger partial charge in [-0.3, -0.25) is 4.79 Å². The van der Waals surface area contributed by atoms with Gasteiger partial charge in [0.2, 0.25) is 17.7 Å². The Hall–Kier alpha value is -4.18. The van der Waals surface area contributed by atoms with Crippen molar-refractivity contribution in [3.05, 3.63) is 88.7 Å². The molecule has 4 heterocycles. The molecule has 0 saturated heterocycles. The van der Waals surface area contributed by atoms with Crippen LogP contribution < -0.4 is 9.46 Å². The number of nitrogens with zero attached hydrogens (tertiary/aromatic N) is 4. The van der Waals surface area contributed by atoms with Gasteiger partial charge >= 0.3 is 0 Å². The third kappa shape index (κ3) is 4.30. The number of ether oxygens (including phenoxy) is 1. The number of rotatable bonds is 1. The number of carbonyl (C=O) groups excluding carboxylic acids is 1. The lowest BCUT2D eigenvalue weighted by Crippen LogP contribution is -2.41. The van der Waals surface area contributed by atoms with Crippen LogP contribution in [0.2, 0.25) is 0 Å². The maximum Gasteiger partial charge on any atom is 0.265 e. The molecule has 2 aliphatic heterocycles. The molecule has 1 atom stereocenters. The Morgan fingerprint density at radius 3 is 2.58 bits per heavy atom. The topological polar surface area (TPSA) is 106 Å². The molecule has 4 aromatic rings. The average Bonchev–Trinajstić information content (AvgIpc) is 3.24. The number of hydrogen-bond donors (Lipinski definition) is 1. The molecule has 0 fully saturated rings. The van der Waals surface area contributed by atoms with E-state index in [-0.39, 0.29) is 29.1 Å². The molecule has 2 aliphatic rings. The van der Waals surface area contributed by atoms with E-state index in [1.807, 2.05) is 56.3 Å². The molecule has 6 rings (SSSR count). The van der Waals surface area contributed by atoms with Crippen LogP contribution in [0.4, 0.5) is 5.95 Å². The van der Waals surface area contributed by atoms with Crippen molar-refractivity contribution in [1.82, 2.24) is 19.4 Å². The van der Waals surface area contributed by atoms with Crippen molar-refractivity contribution < 1.29 is 17.9 Å². The normalized spacial score (nSPS) is 18.1. The molecule has 0 saturated carbocycles. The van der Waals surface area contributed by atoms with Crippen LogP contribution in [0.1, 0.15) is 34.1 Å². The molecule has 6 bridgehead atoms. The lowest BCUT2D eigenvalue weighted by atomic mass is 9.97. The third-order valence-corrected chi connectivity index (χ3v) is 8.45. The Balaban J connectivity index is 1.55. The van der Waals surface area contributed by atoms with Gasteiger partial charge in [0, 0.05) is 37.1 Å². The van der Waals surface area contributed by atoms with Crippen LogP contribution in [0.15, 0.2) is 65.7 Å². The van der Waals surface area contributed by atoms with Gasteiger partial charge in [-0.2, -0.15) is 4.98 Å². The number of benzene rings is 2. The van der Waals surface area contributed by atoms with E-state index in [4.69, 9.17) is 4.74 Å². The highest BCUT2D eigenvalue weighted by atomic mass is 32.2. The van der Waals surface area contributed by atoms with Crippen LogP contribution in [0.3, 0.4) is 0 Å². The molecule has 38 heavy (non-hydrogen) atoms. The van der Waals surface area contributed by atoms with E-state index < -0.39 is 16.1 Å². The predicted octanol–water partition coefficient (Wildman–Crippen LogP) is 3.92. The van der Waals surface area contributed by atoms with Crippen molar-refractivity contribution in [1.29, 1.82) is 0 Å². The molecule has 0 spiro atoms. The Bertz CT molecular complexity index is 1680. The fourth-order valence-corrected chi connectivity index (χ4v) is 6.26. The van der Waals surface area contributed by atoms with Gasteiger partial charge in [0.15, 0.2) is 0 Å². The van der Waals surface area contributed by atoms with Crippen LogP contribution in [0.5, 0.6) is 5.88 Å². The van der Waals surface area contributed by atoms with E-state index >= 15 is 0 Å². The summed E-state index contributed by atoms with van der Waals surface area (Å²) < 4.78 is 37.3. The van der Waals surface area contributed by atoms with Gasteiger partial charge in [0.1, 0.15) is 11.0 Å². The summed E-state index contributed by atoms with van der Waals surface area (Å²) in [6, 6.07) is 17.0. The number of amides is 1. The number of anilines is 1. The lowest BCUT2D eigenvalue weighted by Gasteiger charge is -2.34. The second-order valence-corrected chi connectivity index (χ2v) is 11.5. The summed E-state index contributed by atoms with van der Waals surface area (Å²) in [6.07, 6.45) is 1.08. The van der Waals surface area contributed by atoms with E-state index in [1.165, 1.54) is 12.3 Å². The maximum atomic E-state index is 13.4. The quantitative estimate of drug-likeness (QED) is 0.401. The van der Waals surface area contributed by atoms with Crippen LogP contribution in [0.25, 0.3) is 11.3 Å². The molecular formula is C28H27N5O4S. The molecule has 1 N–H and O–H groups in total. The first-order valence-electron chi connectivity index (χ1n) is 12.3. The molecule has 194 valence electrons. The zero-order valence-corrected chi connectivity index (χ0v) is 22.1. The second kappa shape index (κ2) is 8.98. The van der Waals surface area contributed by atoms with Gasteiger partial charge in [-0.05, 0) is 42.2 Å². The predicted molar refractivity (Wildman–Crippen MR) is 142 cm³/mol. The molecule has 10 heteroatoms. The van der Waals surface area contributed by atoms with E-state index in [1.54, 1.807) is 22.6 Å². The number of aromatic nitrogens is 3. The standard InChI is InChI=1S/C28H27N5O4S/c1-17-7-6-8-18(2)27(17)23-13-25-30-28(29-23)31-38(35,36)21-11-20(32(3)15-21)12-26(34)33-14-19-9-4-5-10-22(19)24(16-33)37-25/h4-11,13,15,24H,12,14,16H2,1-3H3,(H,29,30,31). The minimum atomic E-state index is -4.03. The Labute approximate surface area is 221 Å². The molecule has 2 aromatic heterocycles. The highest BCUT2D eigenvalue weighted by Gasteiger charge is 2.31. The largest absolute Gasteiger partial charge is 0.467 e. The fourth-order valence-electron chi connectivity index (χ4n) is 5.22. The lowest BCUT2D eigenvalue weighted by molar-refractivity contribution is -0.133. The Morgan fingerprint density at radius 2 is 1.79 bits per heavy atom. The number of sulfonamides is 1. The van der Waals surface area contributed by atoms with Gasteiger partial charge in [-0.25, -0.2) is 18.1 Å². The van der Waals surface area contributed by atoms with Crippen LogP contribution >= 0.6 is 0 Å². The molecule has 0 aliphatic carbocycles. The molecular weight excluding hydrogens is 502 g/mol. The summed E-state index contributed by atoms with van der Waals surface area (Å²) in [5.74, 6) is 0.0257. The average molecular weight is 530 g/mol. The summed E-state index contributed by atoms with van der Waals surface area (Å²) in [7, 11) is -2.30. The maximum absolute atomic E-state index is 13.4. The summed E-state index contributed by atoms with van der Waals surface area (Å²) in [5.41, 5.74) is 5.97. The highest BCUT2D eigenvalue weighted by Crippen LogP contribution is 2.34. The van der Waals surface area contributed by atoms with Crippen molar-refractivity contribution in [2.75, 3.05) is 11.3 Å². The minimum Gasteiger partial charge on any atom is -0.467 e. The summed E-state index contributed by atoms with van der Waals surface area (Å²) in [5, 5.41) is 0. The number of hydrogen-bond acceptors (Lipinski definition) is 6. The zero-order valence-electron chi connectivity index (χ0n) is 21.3. The van der Waals surface area contributed by atoms with E-state index in [9.17, 15) is 13.2 Å². The SMILES string of the molecule is Cc1cccc(C)c1-c1cc2nc(n1)NS(=O)(=O)c1cc(n(C)c1)CC(=O)N1Cc3ccccc3C(C1)O2. The molecule has 2 aromatic carbocycles. The van der Waals surface area contributed by atoms with Gasteiger partial charge in [-0.1, -0.05) is 42.5 Å². The number of carbonyl (C=O) groups is 1. The fraction of sp³-hybridized carbons (Fsp3) is 0.250. The molecule has 1 amide bonds. The van der Waals surface area contributed by atoms with Gasteiger partial charge in [-0.15, -0.1) is 0 Å². The Morgan fingerprint density at radius 1 is 1.03 bits per heavy atom. The van der Waals surface area contributed by atoms with Gasteiger partial charge < -0.3 is 14.2 Å². The smallest absolute Gasteiger partial charge is 0.265 e. The van der Waals surface area contributed by atoms with Crippen molar-refractivity contribution >= 4 is 21.9 Å². The molecule has 9 nitrogen and oxygen atoms in total. The first-order valence-corrected chi connectivity index (χ1v) is 13.8. The first kappa shape index (κ1) is 24.2. The van der Waals surface area contributed by atoms with Crippen LogP contribution in [0, 0.1) is 13.8 Å². The second-order valence-electron chi connectivity index (χ2n) is 9.82. The first-order chi connectivity index (χ1) is 18.2. The zero-order chi connectivity index (χ0) is 26.6. The van der Waals surface area contributed by atoms with Gasteiger partial charge in [0.25, 0.3) is 10.0 Å². The number of aryl methyl sites for hydroxylation is 3. The van der Waals surface area contributed by atoms with Crippen LogP contribution in [-0.2, 0) is 34.8 Å². The summed E-state index contributed by atoms with van der Waals surface area (Å²) >= 11 is 0. The van der Waals surface area contributed by atoms with Crippen molar-refractivity contribution in [2.24, 2.45) is 7.05 Å². The van der Waals surface area contributed by atoms with Crippen molar-refractivity contribution in [2.45, 2.75) is 37.8 Å². The number of nitrogens with one attached hydrogen (secondary N) is 1. The summed E-state index contributed by atoms with van der Waals surface area (Å²) in [6.45, 7) is 4.76.